The van der Waals surface area contributed by atoms with Gasteiger partial charge in [0.25, 0.3) is 5.91 Å². The first-order valence-electron chi connectivity index (χ1n) is 6.32. The Morgan fingerprint density at radius 2 is 1.95 bits per heavy atom. The number of nitrogen functional groups attached to an aromatic ring is 1. The highest BCUT2D eigenvalue weighted by Gasteiger charge is 2.19. The van der Waals surface area contributed by atoms with E-state index in [4.69, 9.17) is 10.5 Å². The van der Waals surface area contributed by atoms with Crippen LogP contribution in [0.15, 0.2) is 18.2 Å². The van der Waals surface area contributed by atoms with Crippen molar-refractivity contribution in [3.05, 3.63) is 24.0 Å². The summed E-state index contributed by atoms with van der Waals surface area (Å²) in [7, 11) is 0. The van der Waals surface area contributed by atoms with Crippen molar-refractivity contribution in [1.82, 2.24) is 0 Å². The maximum Gasteiger partial charge on any atom is 0.253 e. The summed E-state index contributed by atoms with van der Waals surface area (Å²) >= 11 is 0. The zero-order chi connectivity index (χ0) is 14.6. The lowest BCUT2D eigenvalue weighted by atomic mass is 10.1. The Morgan fingerprint density at radius 1 is 1.32 bits per heavy atom. The van der Waals surface area contributed by atoms with Crippen LogP contribution in [-0.4, -0.2) is 18.1 Å². The number of rotatable bonds is 5. The SMILES string of the molecule is CC(OC(C)C(C)C)C(=O)Nc1ccc(F)cc1N. The average molecular weight is 268 g/mol. The number of nitrogens with two attached hydrogens (primary N) is 1. The summed E-state index contributed by atoms with van der Waals surface area (Å²) in [4.78, 5) is 11.9. The van der Waals surface area contributed by atoms with Gasteiger partial charge in [-0.15, -0.1) is 0 Å². The van der Waals surface area contributed by atoms with Gasteiger partial charge in [0.2, 0.25) is 0 Å². The Labute approximate surface area is 113 Å². The summed E-state index contributed by atoms with van der Waals surface area (Å²) in [6.45, 7) is 7.63. The van der Waals surface area contributed by atoms with Crippen LogP contribution >= 0.6 is 0 Å². The van der Waals surface area contributed by atoms with E-state index in [0.717, 1.165) is 6.07 Å². The number of hydrogen-bond donors (Lipinski definition) is 2. The Bertz CT molecular complexity index is 449. The number of hydrogen-bond acceptors (Lipinski definition) is 3. The smallest absolute Gasteiger partial charge is 0.253 e. The standard InChI is InChI=1S/C14H21FN2O2/c1-8(2)9(3)19-10(4)14(18)17-13-6-5-11(15)7-12(13)16/h5-10H,16H2,1-4H3,(H,17,18). The second-order valence-electron chi connectivity index (χ2n) is 4.95. The van der Waals surface area contributed by atoms with E-state index in [9.17, 15) is 9.18 Å². The maximum atomic E-state index is 12.9. The molecule has 0 saturated heterocycles. The number of amides is 1. The van der Waals surface area contributed by atoms with E-state index >= 15 is 0 Å². The molecule has 0 aromatic heterocycles. The Kier molecular flexibility index (Phi) is 5.30. The molecule has 4 nitrogen and oxygen atoms in total. The van der Waals surface area contributed by atoms with Gasteiger partial charge in [0.05, 0.1) is 17.5 Å². The fourth-order valence-electron chi connectivity index (χ4n) is 1.42. The minimum Gasteiger partial charge on any atom is -0.397 e. The molecule has 0 bridgehead atoms. The van der Waals surface area contributed by atoms with Crippen molar-refractivity contribution < 1.29 is 13.9 Å². The molecule has 19 heavy (non-hydrogen) atoms. The lowest BCUT2D eigenvalue weighted by Crippen LogP contribution is -2.32. The number of nitrogens with one attached hydrogen (secondary N) is 1. The second-order valence-corrected chi connectivity index (χ2v) is 4.95. The van der Waals surface area contributed by atoms with Crippen LogP contribution in [0, 0.1) is 11.7 Å². The van der Waals surface area contributed by atoms with E-state index in [2.05, 4.69) is 5.32 Å². The van der Waals surface area contributed by atoms with Crippen LogP contribution in [0.2, 0.25) is 0 Å². The molecule has 0 aliphatic heterocycles. The molecule has 1 rings (SSSR count). The van der Waals surface area contributed by atoms with E-state index in [1.165, 1.54) is 12.1 Å². The van der Waals surface area contributed by atoms with Crippen molar-refractivity contribution in [1.29, 1.82) is 0 Å². The van der Waals surface area contributed by atoms with Crippen molar-refractivity contribution in [2.75, 3.05) is 11.1 Å². The molecule has 2 unspecified atom stereocenters. The third-order valence-electron chi connectivity index (χ3n) is 3.00. The predicted molar refractivity (Wildman–Crippen MR) is 74.3 cm³/mol. The van der Waals surface area contributed by atoms with E-state index in [0.29, 0.717) is 11.6 Å². The van der Waals surface area contributed by atoms with Gasteiger partial charge < -0.3 is 15.8 Å². The first-order valence-corrected chi connectivity index (χ1v) is 6.32. The molecular formula is C14H21FN2O2. The quantitative estimate of drug-likeness (QED) is 0.807. The first kappa shape index (κ1) is 15.4. The van der Waals surface area contributed by atoms with E-state index in [1.807, 2.05) is 20.8 Å². The minimum absolute atomic E-state index is 0.0219. The lowest BCUT2D eigenvalue weighted by Gasteiger charge is -2.21. The van der Waals surface area contributed by atoms with Gasteiger partial charge in [-0.3, -0.25) is 4.79 Å². The second kappa shape index (κ2) is 6.52. The predicted octanol–water partition coefficient (Wildman–Crippen LogP) is 2.80. The molecule has 0 aliphatic carbocycles. The monoisotopic (exact) mass is 268 g/mol. The van der Waals surface area contributed by atoms with Crippen LogP contribution in [0.25, 0.3) is 0 Å². The van der Waals surface area contributed by atoms with E-state index in [1.54, 1.807) is 6.92 Å². The van der Waals surface area contributed by atoms with Crippen LogP contribution in [0.4, 0.5) is 15.8 Å². The Hall–Kier alpha value is -1.62. The molecular weight excluding hydrogens is 247 g/mol. The minimum atomic E-state index is -0.596. The van der Waals surface area contributed by atoms with Crippen LogP contribution in [0.1, 0.15) is 27.7 Å². The zero-order valence-electron chi connectivity index (χ0n) is 11.7. The fraction of sp³-hybridized carbons (Fsp3) is 0.500. The van der Waals surface area contributed by atoms with Crippen molar-refractivity contribution >= 4 is 17.3 Å². The molecule has 2 atom stereocenters. The largest absolute Gasteiger partial charge is 0.397 e. The van der Waals surface area contributed by atoms with Crippen LogP contribution < -0.4 is 11.1 Å². The number of ether oxygens (including phenoxy) is 1. The molecule has 3 N–H and O–H groups in total. The van der Waals surface area contributed by atoms with Crippen LogP contribution in [0.3, 0.4) is 0 Å². The molecule has 1 amide bonds. The molecule has 0 saturated carbocycles. The van der Waals surface area contributed by atoms with Crippen molar-refractivity contribution in [2.24, 2.45) is 5.92 Å². The molecule has 0 radical (unpaired) electrons. The van der Waals surface area contributed by atoms with Gasteiger partial charge in [0, 0.05) is 0 Å². The lowest BCUT2D eigenvalue weighted by molar-refractivity contribution is -0.130. The number of carbonyl (C=O) groups excluding carboxylic acids is 1. The molecule has 0 fully saturated rings. The fourth-order valence-corrected chi connectivity index (χ4v) is 1.42. The molecule has 1 aromatic carbocycles. The topological polar surface area (TPSA) is 64.3 Å². The number of halogens is 1. The number of anilines is 2. The highest BCUT2D eigenvalue weighted by atomic mass is 19.1. The van der Waals surface area contributed by atoms with Crippen LogP contribution in [0.5, 0.6) is 0 Å². The first-order chi connectivity index (χ1) is 8.81. The van der Waals surface area contributed by atoms with Gasteiger partial charge in [-0.05, 0) is 38.0 Å². The molecule has 5 heteroatoms. The van der Waals surface area contributed by atoms with E-state index < -0.39 is 11.9 Å². The summed E-state index contributed by atoms with van der Waals surface area (Å²) in [5.41, 5.74) is 6.20. The summed E-state index contributed by atoms with van der Waals surface area (Å²) in [5.74, 6) is -0.412. The Morgan fingerprint density at radius 3 is 2.47 bits per heavy atom. The van der Waals surface area contributed by atoms with Gasteiger partial charge in [-0.1, -0.05) is 13.8 Å². The van der Waals surface area contributed by atoms with Gasteiger partial charge in [-0.25, -0.2) is 4.39 Å². The van der Waals surface area contributed by atoms with Gasteiger partial charge in [0.1, 0.15) is 11.9 Å². The summed E-state index contributed by atoms with van der Waals surface area (Å²) < 4.78 is 18.5. The molecule has 1 aromatic rings. The van der Waals surface area contributed by atoms with Crippen molar-refractivity contribution in [3.63, 3.8) is 0 Å². The molecule has 0 aliphatic rings. The molecule has 106 valence electrons. The molecule has 0 heterocycles. The highest BCUT2D eigenvalue weighted by Crippen LogP contribution is 2.19. The number of benzene rings is 1. The third kappa shape index (κ3) is 4.52. The zero-order valence-corrected chi connectivity index (χ0v) is 11.7. The normalized spacial score (nSPS) is 14.2. The third-order valence-corrected chi connectivity index (χ3v) is 3.00. The summed E-state index contributed by atoms with van der Waals surface area (Å²) in [6, 6.07) is 3.84. The average Bonchev–Trinajstić information content (AvgIpc) is 2.32. The molecule has 0 spiro atoms. The van der Waals surface area contributed by atoms with Gasteiger partial charge in [-0.2, -0.15) is 0 Å². The van der Waals surface area contributed by atoms with Gasteiger partial charge >= 0.3 is 0 Å². The van der Waals surface area contributed by atoms with Gasteiger partial charge in [0.15, 0.2) is 0 Å². The van der Waals surface area contributed by atoms with Crippen LogP contribution in [-0.2, 0) is 9.53 Å². The highest BCUT2D eigenvalue weighted by molar-refractivity contribution is 5.96. The van der Waals surface area contributed by atoms with Crippen molar-refractivity contribution in [3.8, 4) is 0 Å². The summed E-state index contributed by atoms with van der Waals surface area (Å²) in [6.07, 6.45) is -0.617. The maximum absolute atomic E-state index is 12.9. The van der Waals surface area contributed by atoms with E-state index in [-0.39, 0.29) is 17.7 Å². The van der Waals surface area contributed by atoms with Crippen molar-refractivity contribution in [2.45, 2.75) is 39.9 Å². The summed E-state index contributed by atoms with van der Waals surface area (Å²) in [5, 5.41) is 2.63. The Balaban J connectivity index is 2.63. The number of carbonyl (C=O) groups is 1.